The summed E-state index contributed by atoms with van der Waals surface area (Å²) in [5, 5.41) is 3.92. The fourth-order valence-electron chi connectivity index (χ4n) is 5.25. The number of hydrogen-bond donors (Lipinski definition) is 2. The first-order chi connectivity index (χ1) is 18.0. The number of aromatic nitrogens is 1. The molecule has 0 bridgehead atoms. The van der Waals surface area contributed by atoms with E-state index in [1.165, 1.54) is 6.07 Å². The van der Waals surface area contributed by atoms with Gasteiger partial charge in [-0.1, -0.05) is 54.6 Å². The molecule has 0 saturated carbocycles. The minimum atomic E-state index is -0.262. The van der Waals surface area contributed by atoms with Gasteiger partial charge in [-0.05, 0) is 66.6 Å². The second kappa shape index (κ2) is 11.0. The Bertz CT molecular complexity index is 1390. The lowest BCUT2D eigenvalue weighted by Crippen LogP contribution is -2.43. The number of halogens is 1. The molecule has 190 valence electrons. The summed E-state index contributed by atoms with van der Waals surface area (Å²) in [5.41, 5.74) is 6.23. The molecule has 0 aliphatic carbocycles. The van der Waals surface area contributed by atoms with Gasteiger partial charge in [0.15, 0.2) is 0 Å². The summed E-state index contributed by atoms with van der Waals surface area (Å²) in [6.45, 7) is 3.67. The van der Waals surface area contributed by atoms with E-state index < -0.39 is 0 Å². The second-order valence-electron chi connectivity index (χ2n) is 9.85. The van der Waals surface area contributed by atoms with Crippen molar-refractivity contribution in [1.29, 1.82) is 0 Å². The number of nitrogens with zero attached hydrogens (tertiary/aromatic N) is 1. The van der Waals surface area contributed by atoms with Crippen molar-refractivity contribution >= 4 is 22.7 Å². The van der Waals surface area contributed by atoms with Crippen molar-refractivity contribution in [3.63, 3.8) is 0 Å². The van der Waals surface area contributed by atoms with Gasteiger partial charge in [0.1, 0.15) is 5.82 Å². The Morgan fingerprint density at radius 3 is 2.41 bits per heavy atom. The molecular weight excluding hydrogens is 465 g/mol. The summed E-state index contributed by atoms with van der Waals surface area (Å²) in [6, 6.07) is 23.1. The number of fused-ring (bicyclic) bond motifs is 1. The first-order valence-corrected chi connectivity index (χ1v) is 12.9. The number of aryl methyl sites for hydroxylation is 1. The number of hydrogen-bond acceptors (Lipinski definition) is 2. The number of rotatable bonds is 7. The molecule has 2 amide bonds. The van der Waals surface area contributed by atoms with Gasteiger partial charge in [0, 0.05) is 42.1 Å². The van der Waals surface area contributed by atoms with Crippen molar-refractivity contribution in [2.24, 2.45) is 5.92 Å². The predicted octanol–water partition coefficient (Wildman–Crippen LogP) is 5.42. The van der Waals surface area contributed by atoms with Gasteiger partial charge in [0.05, 0.1) is 6.42 Å². The monoisotopic (exact) mass is 497 g/mol. The molecule has 1 saturated heterocycles. The number of H-pyrrole nitrogens is 1. The van der Waals surface area contributed by atoms with Gasteiger partial charge in [0.25, 0.3) is 0 Å². The van der Waals surface area contributed by atoms with Gasteiger partial charge < -0.3 is 15.2 Å². The number of likely N-dealkylation sites (tertiary alicyclic amines) is 1. The first kappa shape index (κ1) is 24.8. The van der Waals surface area contributed by atoms with Gasteiger partial charge in [0.2, 0.25) is 11.8 Å². The maximum Gasteiger partial charge on any atom is 0.226 e. The van der Waals surface area contributed by atoms with Crippen molar-refractivity contribution in [2.45, 2.75) is 32.6 Å². The molecule has 1 aliphatic rings. The SMILES string of the molecule is Cc1[nH]c2ccc(F)cc2c1CCNC(=O)C1CCN(C(=O)Cc2ccc(-c3ccccc3)cc2)CC1. The Hall–Kier alpha value is -3.93. The number of carbonyl (C=O) groups excluding carboxylic acids is 2. The fourth-order valence-corrected chi connectivity index (χ4v) is 5.25. The maximum absolute atomic E-state index is 13.7. The third kappa shape index (κ3) is 5.74. The topological polar surface area (TPSA) is 65.2 Å². The molecular formula is C31H32FN3O2. The molecule has 0 radical (unpaired) electrons. The molecule has 6 heteroatoms. The van der Waals surface area contributed by atoms with Gasteiger partial charge in [-0.3, -0.25) is 9.59 Å². The van der Waals surface area contributed by atoms with Crippen molar-refractivity contribution < 1.29 is 14.0 Å². The standard InChI is InChI=1S/C31H32FN3O2/c1-21-27(28-20-26(32)11-12-29(28)34-21)13-16-33-31(37)25-14-17-35(18-15-25)30(36)19-22-7-9-24(10-8-22)23-5-3-2-4-6-23/h2-12,20,25,34H,13-19H2,1H3,(H,33,37). The third-order valence-corrected chi connectivity index (χ3v) is 7.39. The van der Waals surface area contributed by atoms with E-state index in [1.807, 2.05) is 42.2 Å². The van der Waals surface area contributed by atoms with Crippen LogP contribution in [0.1, 0.15) is 29.7 Å². The molecule has 1 fully saturated rings. The quantitative estimate of drug-likeness (QED) is 0.358. The van der Waals surface area contributed by atoms with Crippen LogP contribution in [0, 0.1) is 18.7 Å². The zero-order valence-electron chi connectivity index (χ0n) is 21.1. The van der Waals surface area contributed by atoms with E-state index in [4.69, 9.17) is 0 Å². The molecule has 1 aromatic heterocycles. The van der Waals surface area contributed by atoms with E-state index in [0.717, 1.165) is 38.9 Å². The normalized spacial score (nSPS) is 14.2. The predicted molar refractivity (Wildman–Crippen MR) is 145 cm³/mol. The molecule has 0 unspecified atom stereocenters. The Morgan fingerprint density at radius 2 is 1.68 bits per heavy atom. The van der Waals surface area contributed by atoms with Crippen LogP contribution in [0.2, 0.25) is 0 Å². The number of piperidine rings is 1. The summed E-state index contributed by atoms with van der Waals surface area (Å²) in [6.07, 6.45) is 2.35. The summed E-state index contributed by atoms with van der Waals surface area (Å²) in [4.78, 5) is 30.8. The summed E-state index contributed by atoms with van der Waals surface area (Å²) < 4.78 is 13.7. The minimum absolute atomic E-state index is 0.0345. The highest BCUT2D eigenvalue weighted by atomic mass is 19.1. The summed E-state index contributed by atoms with van der Waals surface area (Å²) in [7, 11) is 0. The lowest BCUT2D eigenvalue weighted by molar-refractivity contribution is -0.135. The molecule has 37 heavy (non-hydrogen) atoms. The van der Waals surface area contributed by atoms with Crippen molar-refractivity contribution in [1.82, 2.24) is 15.2 Å². The molecule has 4 aromatic rings. The van der Waals surface area contributed by atoms with Crippen LogP contribution in [0.4, 0.5) is 4.39 Å². The van der Waals surface area contributed by atoms with E-state index in [0.29, 0.717) is 45.3 Å². The smallest absolute Gasteiger partial charge is 0.226 e. The van der Waals surface area contributed by atoms with Crippen LogP contribution in [-0.4, -0.2) is 41.3 Å². The van der Waals surface area contributed by atoms with Crippen LogP contribution < -0.4 is 5.32 Å². The average molecular weight is 498 g/mol. The molecule has 1 aliphatic heterocycles. The zero-order chi connectivity index (χ0) is 25.8. The number of carbonyl (C=O) groups is 2. The summed E-state index contributed by atoms with van der Waals surface area (Å²) >= 11 is 0. The molecule has 5 nitrogen and oxygen atoms in total. The molecule has 0 atom stereocenters. The van der Waals surface area contributed by atoms with Gasteiger partial charge in [-0.15, -0.1) is 0 Å². The molecule has 0 spiro atoms. The molecule has 2 N–H and O–H groups in total. The van der Waals surface area contributed by atoms with Crippen molar-refractivity contribution in [2.75, 3.05) is 19.6 Å². The Balaban J connectivity index is 1.08. The Morgan fingerprint density at radius 1 is 0.973 bits per heavy atom. The highest BCUT2D eigenvalue weighted by molar-refractivity contribution is 5.85. The van der Waals surface area contributed by atoms with Crippen LogP contribution in [0.25, 0.3) is 22.0 Å². The van der Waals surface area contributed by atoms with Crippen LogP contribution in [-0.2, 0) is 22.4 Å². The molecule has 3 aromatic carbocycles. The van der Waals surface area contributed by atoms with Gasteiger partial charge >= 0.3 is 0 Å². The minimum Gasteiger partial charge on any atom is -0.358 e. The van der Waals surface area contributed by atoms with E-state index >= 15 is 0 Å². The average Bonchev–Trinajstić information content (AvgIpc) is 3.23. The largest absolute Gasteiger partial charge is 0.358 e. The highest BCUT2D eigenvalue weighted by Crippen LogP contribution is 2.24. The number of nitrogens with one attached hydrogen (secondary N) is 2. The lowest BCUT2D eigenvalue weighted by atomic mass is 9.95. The van der Waals surface area contributed by atoms with Crippen LogP contribution in [0.5, 0.6) is 0 Å². The number of aromatic amines is 1. The van der Waals surface area contributed by atoms with Crippen molar-refractivity contribution in [3.8, 4) is 11.1 Å². The van der Waals surface area contributed by atoms with Gasteiger partial charge in [-0.2, -0.15) is 0 Å². The van der Waals surface area contributed by atoms with Crippen molar-refractivity contribution in [3.05, 3.63) is 95.4 Å². The van der Waals surface area contributed by atoms with Crippen LogP contribution in [0.15, 0.2) is 72.8 Å². The molecule has 5 rings (SSSR count). The van der Waals surface area contributed by atoms with Crippen LogP contribution >= 0.6 is 0 Å². The second-order valence-corrected chi connectivity index (χ2v) is 9.85. The van der Waals surface area contributed by atoms with E-state index in [1.54, 1.807) is 12.1 Å². The lowest BCUT2D eigenvalue weighted by Gasteiger charge is -2.31. The highest BCUT2D eigenvalue weighted by Gasteiger charge is 2.27. The van der Waals surface area contributed by atoms with E-state index in [-0.39, 0.29) is 23.5 Å². The van der Waals surface area contributed by atoms with Crippen LogP contribution in [0.3, 0.4) is 0 Å². The third-order valence-electron chi connectivity index (χ3n) is 7.39. The Kier molecular flexibility index (Phi) is 7.35. The Labute approximate surface area is 216 Å². The van der Waals surface area contributed by atoms with E-state index in [9.17, 15) is 14.0 Å². The first-order valence-electron chi connectivity index (χ1n) is 12.9. The zero-order valence-corrected chi connectivity index (χ0v) is 21.1. The maximum atomic E-state index is 13.7. The number of amides is 2. The summed E-state index contributed by atoms with van der Waals surface area (Å²) in [5.74, 6) is -0.210. The fraction of sp³-hybridized carbons (Fsp3) is 0.290. The molecule has 2 heterocycles. The van der Waals surface area contributed by atoms with E-state index in [2.05, 4.69) is 34.6 Å². The van der Waals surface area contributed by atoms with Gasteiger partial charge in [-0.25, -0.2) is 4.39 Å². The number of benzene rings is 3.